The number of amides is 2. The van der Waals surface area contributed by atoms with E-state index in [9.17, 15) is 18.0 Å². The van der Waals surface area contributed by atoms with E-state index in [1.54, 1.807) is 67.6 Å². The van der Waals surface area contributed by atoms with Crippen molar-refractivity contribution in [2.24, 2.45) is 5.10 Å². The van der Waals surface area contributed by atoms with E-state index in [0.717, 1.165) is 23.8 Å². The number of hydrazone groups is 1. The van der Waals surface area contributed by atoms with E-state index in [2.05, 4.69) is 15.8 Å². The number of nitrogens with one attached hydrogen (secondary N) is 2. The smallest absolute Gasteiger partial charge is 0.264 e. The fourth-order valence-corrected chi connectivity index (χ4v) is 5.88. The Morgan fingerprint density at radius 1 is 1.10 bits per heavy atom. The second-order valence-corrected chi connectivity index (χ2v) is 11.6. The Labute approximate surface area is 244 Å². The van der Waals surface area contributed by atoms with Crippen LogP contribution in [-0.4, -0.2) is 58.9 Å². The van der Waals surface area contributed by atoms with E-state index in [0.29, 0.717) is 34.1 Å². The van der Waals surface area contributed by atoms with Crippen LogP contribution in [0.4, 0.5) is 5.69 Å². The zero-order valence-electron chi connectivity index (χ0n) is 22.5. The number of hydrogen-bond acceptors (Lipinski definition) is 7. The molecule has 12 heteroatoms. The quantitative estimate of drug-likeness (QED) is 0.242. The Hall–Kier alpha value is -3.93. The van der Waals surface area contributed by atoms with Gasteiger partial charge in [-0.05, 0) is 85.5 Å². The summed E-state index contributed by atoms with van der Waals surface area (Å²) in [6.45, 7) is 2.30. The Kier molecular flexibility index (Phi) is 10.3. The minimum Gasteiger partial charge on any atom is -0.484 e. The van der Waals surface area contributed by atoms with Crippen LogP contribution >= 0.6 is 11.6 Å². The minimum atomic E-state index is -4.06. The average Bonchev–Trinajstić information content (AvgIpc) is 3.49. The molecule has 1 aliphatic heterocycles. The van der Waals surface area contributed by atoms with E-state index in [4.69, 9.17) is 21.1 Å². The van der Waals surface area contributed by atoms with Crippen molar-refractivity contribution in [1.82, 2.24) is 10.7 Å². The van der Waals surface area contributed by atoms with Gasteiger partial charge in [0.2, 0.25) is 0 Å². The van der Waals surface area contributed by atoms with Gasteiger partial charge in [0.05, 0.1) is 22.9 Å². The number of hydrogen-bond donors (Lipinski definition) is 2. The molecule has 0 unspecified atom stereocenters. The average molecular weight is 599 g/mol. The van der Waals surface area contributed by atoms with Crippen molar-refractivity contribution in [3.8, 4) is 5.75 Å². The summed E-state index contributed by atoms with van der Waals surface area (Å²) < 4.78 is 38.9. The summed E-state index contributed by atoms with van der Waals surface area (Å²) in [6, 6.07) is 19.4. The number of rotatable bonds is 12. The molecule has 10 nitrogen and oxygen atoms in total. The zero-order chi connectivity index (χ0) is 29.2. The molecule has 0 spiro atoms. The molecule has 2 N–H and O–H groups in total. The van der Waals surface area contributed by atoms with Gasteiger partial charge in [-0.1, -0.05) is 29.8 Å². The molecule has 0 radical (unpaired) electrons. The van der Waals surface area contributed by atoms with Crippen LogP contribution in [0.15, 0.2) is 82.8 Å². The summed E-state index contributed by atoms with van der Waals surface area (Å²) in [4.78, 5) is 24.8. The molecular formula is C29H31ClN4O6S. The highest BCUT2D eigenvalue weighted by Gasteiger charge is 2.28. The lowest BCUT2D eigenvalue weighted by atomic mass is 10.2. The first-order valence-corrected chi connectivity index (χ1v) is 14.8. The first-order valence-electron chi connectivity index (χ1n) is 13.0. The number of sulfonamides is 1. The SMILES string of the molecule is Cc1cc(Cl)ccc1N(CC(=O)N/N=C\c1ccc(OCC(=O)NC[C@H]2CCCO2)cc1)S(=O)(=O)c1ccccc1. The number of ether oxygens (including phenoxy) is 2. The molecule has 41 heavy (non-hydrogen) atoms. The summed E-state index contributed by atoms with van der Waals surface area (Å²) >= 11 is 6.07. The van der Waals surface area contributed by atoms with E-state index < -0.39 is 22.5 Å². The third-order valence-electron chi connectivity index (χ3n) is 6.25. The number of nitrogens with zero attached hydrogens (tertiary/aromatic N) is 2. The third kappa shape index (κ3) is 8.53. The molecule has 1 atom stereocenters. The van der Waals surface area contributed by atoms with E-state index in [-0.39, 0.29) is 23.5 Å². The second-order valence-electron chi connectivity index (χ2n) is 9.35. The molecule has 1 heterocycles. The van der Waals surface area contributed by atoms with Gasteiger partial charge in [0, 0.05) is 18.2 Å². The van der Waals surface area contributed by atoms with Crippen molar-refractivity contribution < 1.29 is 27.5 Å². The van der Waals surface area contributed by atoms with E-state index in [1.807, 2.05) is 0 Å². The predicted molar refractivity (Wildman–Crippen MR) is 157 cm³/mol. The Morgan fingerprint density at radius 3 is 2.54 bits per heavy atom. The molecular weight excluding hydrogens is 568 g/mol. The minimum absolute atomic E-state index is 0.0493. The van der Waals surface area contributed by atoms with Crippen molar-refractivity contribution in [2.45, 2.75) is 30.8 Å². The highest BCUT2D eigenvalue weighted by molar-refractivity contribution is 7.92. The zero-order valence-corrected chi connectivity index (χ0v) is 24.0. The van der Waals surface area contributed by atoms with Crippen molar-refractivity contribution in [3.63, 3.8) is 0 Å². The molecule has 3 aromatic carbocycles. The van der Waals surface area contributed by atoms with Crippen molar-refractivity contribution >= 4 is 45.3 Å². The monoisotopic (exact) mass is 598 g/mol. The Balaban J connectivity index is 1.33. The van der Waals surface area contributed by atoms with Gasteiger partial charge in [0.1, 0.15) is 12.3 Å². The summed E-state index contributed by atoms with van der Waals surface area (Å²) in [5, 5.41) is 7.21. The summed E-state index contributed by atoms with van der Waals surface area (Å²) in [6.07, 6.45) is 3.43. The fourth-order valence-electron chi connectivity index (χ4n) is 4.15. The van der Waals surface area contributed by atoms with Gasteiger partial charge in [-0.25, -0.2) is 13.8 Å². The lowest BCUT2D eigenvalue weighted by molar-refractivity contribution is -0.123. The maximum atomic E-state index is 13.5. The van der Waals surface area contributed by atoms with Gasteiger partial charge >= 0.3 is 0 Å². The number of carbonyl (C=O) groups excluding carboxylic acids is 2. The van der Waals surface area contributed by atoms with Crippen molar-refractivity contribution in [3.05, 3.63) is 88.9 Å². The van der Waals surface area contributed by atoms with Gasteiger partial charge in [-0.15, -0.1) is 0 Å². The molecule has 0 bridgehead atoms. The standard InChI is InChI=1S/C29H31ClN4O6S/c1-21-16-23(30)11-14-27(21)34(41(37,38)26-7-3-2-4-8-26)19-28(35)33-32-17-22-9-12-24(13-10-22)40-20-29(36)31-18-25-6-5-15-39-25/h2-4,7-14,16-17,25H,5-6,15,18-20H2,1H3,(H,31,36)(H,33,35)/b32-17-/t25-/m1/s1. The second kappa shape index (κ2) is 14.1. The highest BCUT2D eigenvalue weighted by Crippen LogP contribution is 2.28. The van der Waals surface area contributed by atoms with Gasteiger partial charge in [0.15, 0.2) is 6.61 Å². The van der Waals surface area contributed by atoms with Crippen molar-refractivity contribution in [2.75, 3.05) is 30.6 Å². The highest BCUT2D eigenvalue weighted by atomic mass is 35.5. The maximum Gasteiger partial charge on any atom is 0.264 e. The summed E-state index contributed by atoms with van der Waals surface area (Å²) in [7, 11) is -4.06. The van der Waals surface area contributed by atoms with Crippen molar-refractivity contribution in [1.29, 1.82) is 0 Å². The molecule has 1 saturated heterocycles. The number of anilines is 1. The lowest BCUT2D eigenvalue weighted by Crippen LogP contribution is -2.40. The topological polar surface area (TPSA) is 126 Å². The molecule has 1 aliphatic rings. The van der Waals surface area contributed by atoms with Crippen LogP contribution in [0.2, 0.25) is 5.02 Å². The largest absolute Gasteiger partial charge is 0.484 e. The number of halogens is 1. The van der Waals surface area contributed by atoms with Gasteiger partial charge in [0.25, 0.3) is 21.8 Å². The molecule has 4 rings (SSSR count). The summed E-state index contributed by atoms with van der Waals surface area (Å²) in [5.74, 6) is -0.367. The molecule has 1 fully saturated rings. The van der Waals surface area contributed by atoms with Crippen LogP contribution in [0, 0.1) is 6.92 Å². The Bertz CT molecular complexity index is 1480. The third-order valence-corrected chi connectivity index (χ3v) is 8.26. The molecule has 0 saturated carbocycles. The van der Waals surface area contributed by atoms with Gasteiger partial charge in [-0.3, -0.25) is 13.9 Å². The van der Waals surface area contributed by atoms with Gasteiger partial charge < -0.3 is 14.8 Å². The lowest BCUT2D eigenvalue weighted by Gasteiger charge is -2.25. The predicted octanol–water partition coefficient (Wildman–Crippen LogP) is 3.67. The molecule has 2 amide bonds. The fraction of sp³-hybridized carbons (Fsp3) is 0.276. The van der Waals surface area contributed by atoms with Crippen LogP contribution < -0.4 is 19.8 Å². The number of aryl methyl sites for hydroxylation is 1. The first-order chi connectivity index (χ1) is 19.7. The molecule has 216 valence electrons. The number of carbonyl (C=O) groups is 2. The van der Waals surface area contributed by atoms with Crippen LogP contribution in [-0.2, 0) is 24.3 Å². The Morgan fingerprint density at radius 2 is 1.85 bits per heavy atom. The first kappa shape index (κ1) is 30.0. The van der Waals surface area contributed by atoms with Crippen LogP contribution in [0.5, 0.6) is 5.75 Å². The van der Waals surface area contributed by atoms with E-state index >= 15 is 0 Å². The normalized spacial score (nSPS) is 15.0. The molecule has 3 aromatic rings. The van der Waals surface area contributed by atoms with Crippen LogP contribution in [0.25, 0.3) is 0 Å². The summed E-state index contributed by atoms with van der Waals surface area (Å²) in [5.41, 5.74) is 3.96. The van der Waals surface area contributed by atoms with Gasteiger partial charge in [-0.2, -0.15) is 5.10 Å². The van der Waals surface area contributed by atoms with E-state index in [1.165, 1.54) is 18.3 Å². The number of benzene rings is 3. The maximum absolute atomic E-state index is 13.5. The van der Waals surface area contributed by atoms with Crippen LogP contribution in [0.3, 0.4) is 0 Å². The van der Waals surface area contributed by atoms with Crippen LogP contribution in [0.1, 0.15) is 24.0 Å². The molecule has 0 aromatic heterocycles. The molecule has 0 aliphatic carbocycles.